The number of hydrogen-bond donors (Lipinski definition) is 0. The van der Waals surface area contributed by atoms with Gasteiger partial charge in [0.05, 0.1) is 11.6 Å². The van der Waals surface area contributed by atoms with E-state index in [1.165, 1.54) is 53.9 Å². The minimum Gasteiger partial charge on any atom is -0.208 e. The van der Waals surface area contributed by atoms with E-state index >= 15 is 0 Å². The smallest absolute Gasteiger partial charge is 0.164 e. The molecule has 0 spiro atoms. The van der Waals surface area contributed by atoms with Gasteiger partial charge in [0.1, 0.15) is 0 Å². The van der Waals surface area contributed by atoms with Crippen LogP contribution in [0.1, 0.15) is 5.56 Å². The first-order chi connectivity index (χ1) is 29.7. The molecule has 11 aromatic carbocycles. The molecule has 1 heterocycles. The number of aromatic nitrogens is 3. The summed E-state index contributed by atoms with van der Waals surface area (Å²) in [5, 5.41) is 24.0. The molecule has 1 aromatic heterocycles. The second-order valence-corrected chi connectivity index (χ2v) is 15.5. The molecule has 0 saturated carbocycles. The molecule has 0 amide bonds. The second-order valence-electron chi connectivity index (χ2n) is 15.5. The van der Waals surface area contributed by atoms with Crippen LogP contribution < -0.4 is 0 Å². The van der Waals surface area contributed by atoms with Crippen LogP contribution in [-0.2, 0) is 0 Å². The standard InChI is InChI=1S/C56H32N4/c57-33-34-15-17-36(18-16-34)38-21-28-43(29-22-38)55-58-54(42-26-19-37(20-27-42)35-7-2-1-3-8-35)59-56(60-55)45-31-44-30-25-41-10-5-13-47-46-12-4-9-39-23-24-40-11-6-14-48(52(40)50(39)46)49(32-45)53(44)51(41)47/h1-32H. The highest BCUT2D eigenvalue weighted by atomic mass is 15.0. The Morgan fingerprint density at radius 3 is 1.15 bits per heavy atom. The third-order valence-electron chi connectivity index (χ3n) is 12.1. The van der Waals surface area contributed by atoms with E-state index < -0.39 is 0 Å². The van der Waals surface area contributed by atoms with Gasteiger partial charge in [0.25, 0.3) is 0 Å². The maximum Gasteiger partial charge on any atom is 0.164 e. The molecule has 12 rings (SSSR count). The van der Waals surface area contributed by atoms with Gasteiger partial charge in [-0.15, -0.1) is 0 Å². The first-order valence-electron chi connectivity index (χ1n) is 20.1. The van der Waals surface area contributed by atoms with E-state index in [2.05, 4.69) is 170 Å². The molecule has 0 N–H and O–H groups in total. The number of rotatable bonds is 5. The third kappa shape index (κ3) is 5.41. The Morgan fingerprint density at radius 2 is 0.667 bits per heavy atom. The van der Waals surface area contributed by atoms with E-state index in [9.17, 15) is 5.26 Å². The molecular formula is C56H32N4. The zero-order valence-corrected chi connectivity index (χ0v) is 32.3. The number of hydrogen-bond acceptors (Lipinski definition) is 4. The lowest BCUT2D eigenvalue weighted by Crippen LogP contribution is -2.00. The second kappa shape index (κ2) is 13.4. The van der Waals surface area contributed by atoms with Gasteiger partial charge in [0, 0.05) is 16.7 Å². The SMILES string of the molecule is N#Cc1ccc(-c2ccc(-c3nc(-c4ccc(-c5ccccc5)cc4)nc(-c4cc5ccc6cccc7c8cccc9ccc%10cccc(c(c4)c5c67)c%10c98)n3)cc2)cc1. The largest absolute Gasteiger partial charge is 0.208 e. The Morgan fingerprint density at radius 1 is 0.283 bits per heavy atom. The summed E-state index contributed by atoms with van der Waals surface area (Å²) in [6.07, 6.45) is 0. The van der Waals surface area contributed by atoms with Crippen LogP contribution in [0.3, 0.4) is 0 Å². The van der Waals surface area contributed by atoms with Crippen molar-refractivity contribution in [3.63, 3.8) is 0 Å². The van der Waals surface area contributed by atoms with Gasteiger partial charge in [0.2, 0.25) is 0 Å². The molecule has 0 saturated heterocycles. The molecule has 60 heavy (non-hydrogen) atoms. The van der Waals surface area contributed by atoms with Crippen molar-refractivity contribution in [1.82, 2.24) is 15.0 Å². The van der Waals surface area contributed by atoms with E-state index in [1.54, 1.807) is 0 Å². The molecule has 0 unspecified atom stereocenters. The highest BCUT2D eigenvalue weighted by molar-refractivity contribution is 6.37. The van der Waals surface area contributed by atoms with E-state index in [4.69, 9.17) is 15.0 Å². The van der Waals surface area contributed by atoms with Crippen molar-refractivity contribution in [1.29, 1.82) is 5.26 Å². The minimum atomic E-state index is 0.595. The van der Waals surface area contributed by atoms with E-state index in [-0.39, 0.29) is 0 Å². The summed E-state index contributed by atoms with van der Waals surface area (Å²) in [6.45, 7) is 0. The molecule has 0 radical (unpaired) electrons. The van der Waals surface area contributed by atoms with E-state index in [1.807, 2.05) is 30.3 Å². The Hall–Kier alpha value is -8.26. The molecule has 0 fully saturated rings. The Balaban J connectivity index is 1.11. The number of fused-ring (bicyclic) bond motifs is 2. The Labute approximate surface area is 345 Å². The summed E-state index contributed by atoms with van der Waals surface area (Å²) in [7, 11) is 0. The summed E-state index contributed by atoms with van der Waals surface area (Å²) in [4.78, 5) is 15.7. The molecule has 0 aliphatic carbocycles. The van der Waals surface area contributed by atoms with Gasteiger partial charge >= 0.3 is 0 Å². The molecule has 276 valence electrons. The molecule has 0 aliphatic rings. The predicted molar refractivity (Wildman–Crippen MR) is 248 cm³/mol. The number of benzene rings is 10. The van der Waals surface area contributed by atoms with Crippen LogP contribution in [0, 0.1) is 11.3 Å². The Bertz CT molecular complexity index is 3670. The van der Waals surface area contributed by atoms with Gasteiger partial charge in [-0.05, 0) is 111 Å². The van der Waals surface area contributed by atoms with Gasteiger partial charge in [0.15, 0.2) is 17.5 Å². The fourth-order valence-electron chi connectivity index (χ4n) is 9.17. The van der Waals surface area contributed by atoms with Crippen LogP contribution in [0.2, 0.25) is 0 Å². The van der Waals surface area contributed by atoms with Gasteiger partial charge < -0.3 is 0 Å². The molecule has 0 bridgehead atoms. The normalized spacial score (nSPS) is 11.7. The summed E-state index contributed by atoms with van der Waals surface area (Å²) >= 11 is 0. The summed E-state index contributed by atoms with van der Waals surface area (Å²) < 4.78 is 0. The van der Waals surface area contributed by atoms with Crippen LogP contribution >= 0.6 is 0 Å². The van der Waals surface area contributed by atoms with Crippen molar-refractivity contribution in [2.75, 3.05) is 0 Å². The minimum absolute atomic E-state index is 0.595. The van der Waals surface area contributed by atoms with E-state index in [0.717, 1.165) is 49.7 Å². The van der Waals surface area contributed by atoms with Crippen molar-refractivity contribution >= 4 is 64.6 Å². The van der Waals surface area contributed by atoms with Gasteiger partial charge in [-0.1, -0.05) is 170 Å². The van der Waals surface area contributed by atoms with Crippen molar-refractivity contribution in [2.24, 2.45) is 0 Å². The lowest BCUT2D eigenvalue weighted by atomic mass is 9.87. The van der Waals surface area contributed by atoms with Crippen LogP contribution in [0.4, 0.5) is 0 Å². The molecular weight excluding hydrogens is 729 g/mol. The topological polar surface area (TPSA) is 62.5 Å². The van der Waals surface area contributed by atoms with Crippen molar-refractivity contribution in [2.45, 2.75) is 0 Å². The molecule has 12 aromatic rings. The van der Waals surface area contributed by atoms with Crippen molar-refractivity contribution in [3.8, 4) is 62.5 Å². The zero-order chi connectivity index (χ0) is 39.7. The first-order valence-corrected chi connectivity index (χ1v) is 20.1. The lowest BCUT2D eigenvalue weighted by molar-refractivity contribution is 1.07. The lowest BCUT2D eigenvalue weighted by Gasteiger charge is -2.17. The highest BCUT2D eigenvalue weighted by Crippen LogP contribution is 2.44. The fraction of sp³-hybridized carbons (Fsp3) is 0. The highest BCUT2D eigenvalue weighted by Gasteiger charge is 2.19. The average molecular weight is 761 g/mol. The number of nitriles is 1. The van der Waals surface area contributed by atoms with Crippen LogP contribution in [0.5, 0.6) is 0 Å². The average Bonchev–Trinajstić information content (AvgIpc) is 3.32. The third-order valence-corrected chi connectivity index (χ3v) is 12.1. The van der Waals surface area contributed by atoms with Crippen LogP contribution in [-0.4, -0.2) is 15.0 Å². The molecule has 4 heteroatoms. The van der Waals surface area contributed by atoms with Crippen molar-refractivity contribution in [3.05, 3.63) is 200 Å². The zero-order valence-electron chi connectivity index (χ0n) is 32.3. The predicted octanol–water partition coefficient (Wildman–Crippen LogP) is 14.4. The van der Waals surface area contributed by atoms with Crippen LogP contribution in [0.25, 0.3) is 121 Å². The maximum atomic E-state index is 9.32. The van der Waals surface area contributed by atoms with Gasteiger partial charge in [-0.2, -0.15) is 5.26 Å². The van der Waals surface area contributed by atoms with Crippen LogP contribution in [0.15, 0.2) is 194 Å². The first kappa shape index (κ1) is 33.8. The molecule has 0 atom stereocenters. The maximum absolute atomic E-state index is 9.32. The number of nitrogens with zero attached hydrogens (tertiary/aromatic N) is 4. The summed E-state index contributed by atoms with van der Waals surface area (Å²) in [5.74, 6) is 1.81. The molecule has 0 aliphatic heterocycles. The quantitative estimate of drug-likeness (QED) is 0.164. The van der Waals surface area contributed by atoms with Gasteiger partial charge in [-0.25, -0.2) is 15.0 Å². The Kier molecular flexibility index (Phi) is 7.57. The van der Waals surface area contributed by atoms with Crippen molar-refractivity contribution < 1.29 is 0 Å². The summed E-state index contributed by atoms with van der Waals surface area (Å²) in [6, 6.07) is 70.6. The monoisotopic (exact) mass is 760 g/mol. The molecule has 4 nitrogen and oxygen atoms in total. The van der Waals surface area contributed by atoms with E-state index in [0.29, 0.717) is 23.0 Å². The van der Waals surface area contributed by atoms with Gasteiger partial charge in [-0.3, -0.25) is 0 Å². The summed E-state index contributed by atoms with van der Waals surface area (Å²) in [5.41, 5.74) is 7.73. The fourth-order valence-corrected chi connectivity index (χ4v) is 9.17.